The summed E-state index contributed by atoms with van der Waals surface area (Å²) in [5.74, 6) is -3.82. The number of rotatable bonds is 17. The van der Waals surface area contributed by atoms with Crippen LogP contribution in [0.4, 0.5) is 0 Å². The second-order valence-corrected chi connectivity index (χ2v) is 8.21. The molecule has 14 heteroatoms. The molecule has 34 heavy (non-hydrogen) atoms. The quantitative estimate of drug-likeness (QED) is 0.0558. The van der Waals surface area contributed by atoms with E-state index < -0.39 is 60.4 Å². The van der Waals surface area contributed by atoms with E-state index in [1.54, 1.807) is 13.8 Å². The highest BCUT2D eigenvalue weighted by molar-refractivity contribution is 5.94. The van der Waals surface area contributed by atoms with E-state index in [2.05, 4.69) is 20.9 Å². The third-order valence-electron chi connectivity index (χ3n) is 4.93. The minimum Gasteiger partial charge on any atom is -0.480 e. The van der Waals surface area contributed by atoms with Crippen LogP contribution >= 0.6 is 0 Å². The van der Waals surface area contributed by atoms with Gasteiger partial charge in [-0.1, -0.05) is 13.8 Å². The Morgan fingerprint density at radius 1 is 0.882 bits per heavy atom. The lowest BCUT2D eigenvalue weighted by atomic mass is 10.0. The molecule has 0 saturated carbocycles. The number of nitrogens with two attached hydrogens (primary N) is 4. The van der Waals surface area contributed by atoms with E-state index in [4.69, 9.17) is 33.1 Å². The van der Waals surface area contributed by atoms with E-state index in [9.17, 15) is 19.2 Å². The number of aliphatic hydroxyl groups excluding tert-OH is 1. The summed E-state index contributed by atoms with van der Waals surface area (Å²) in [6.45, 7) is 3.22. The number of nitrogens with zero attached hydrogens (tertiary/aromatic N) is 1. The van der Waals surface area contributed by atoms with Crippen molar-refractivity contribution in [2.75, 3.05) is 19.7 Å². The third-order valence-corrected chi connectivity index (χ3v) is 4.93. The van der Waals surface area contributed by atoms with Crippen LogP contribution in [-0.2, 0) is 19.2 Å². The Bertz CT molecular complexity index is 699. The molecule has 196 valence electrons. The molecular formula is C20H40N8O6. The van der Waals surface area contributed by atoms with Crippen LogP contribution in [0.1, 0.15) is 46.0 Å². The van der Waals surface area contributed by atoms with E-state index >= 15 is 0 Å². The summed E-state index contributed by atoms with van der Waals surface area (Å²) in [4.78, 5) is 52.9. The van der Waals surface area contributed by atoms with Crippen LogP contribution in [-0.4, -0.2) is 83.7 Å². The molecule has 14 nitrogen and oxygen atoms in total. The molecule has 0 aliphatic heterocycles. The Kier molecular flexibility index (Phi) is 15.2. The van der Waals surface area contributed by atoms with E-state index in [-0.39, 0.29) is 18.8 Å². The van der Waals surface area contributed by atoms with Crippen LogP contribution in [0.25, 0.3) is 0 Å². The van der Waals surface area contributed by atoms with E-state index in [1.165, 1.54) is 0 Å². The number of aliphatic hydroxyl groups is 1. The molecule has 4 atom stereocenters. The molecule has 4 unspecified atom stereocenters. The van der Waals surface area contributed by atoms with Gasteiger partial charge in [-0.05, 0) is 44.6 Å². The fourth-order valence-corrected chi connectivity index (χ4v) is 2.93. The normalized spacial score (nSPS) is 14.4. The Morgan fingerprint density at radius 2 is 1.50 bits per heavy atom. The van der Waals surface area contributed by atoms with Gasteiger partial charge in [0.05, 0.1) is 12.6 Å². The predicted octanol–water partition coefficient (Wildman–Crippen LogP) is -3.32. The number of aliphatic imine (C=N–C) groups is 1. The van der Waals surface area contributed by atoms with Gasteiger partial charge >= 0.3 is 5.97 Å². The molecule has 0 fully saturated rings. The number of carbonyl (C=O) groups is 4. The van der Waals surface area contributed by atoms with Crippen LogP contribution in [0.2, 0.25) is 0 Å². The lowest BCUT2D eigenvalue weighted by Gasteiger charge is -2.27. The van der Waals surface area contributed by atoms with Crippen molar-refractivity contribution in [2.24, 2.45) is 33.8 Å². The topological polar surface area (TPSA) is 261 Å². The fourth-order valence-electron chi connectivity index (χ4n) is 2.93. The molecule has 0 aromatic rings. The zero-order valence-corrected chi connectivity index (χ0v) is 19.8. The standard InChI is InChI=1S/C20H40N8O6/c1-11(2)15(18(32)27-14(10-29)19(33)34)28-17(31)13(7-3-4-8-21)26-16(30)12(22)6-5-9-25-20(23)24/h11-15,29H,3-10,21-22H2,1-2H3,(H,26,30)(H,27,32)(H,28,31)(H,33,34)(H4,23,24,25). The SMILES string of the molecule is CC(C)C(NC(=O)C(CCCCN)NC(=O)C(N)CCCN=C(N)N)C(=O)NC(CO)C(=O)O. The number of amides is 3. The van der Waals surface area contributed by atoms with Gasteiger partial charge in [0.1, 0.15) is 18.1 Å². The van der Waals surface area contributed by atoms with E-state index in [0.717, 1.165) is 0 Å². The monoisotopic (exact) mass is 488 g/mol. The predicted molar refractivity (Wildman–Crippen MR) is 126 cm³/mol. The first-order valence-corrected chi connectivity index (χ1v) is 11.2. The zero-order valence-electron chi connectivity index (χ0n) is 19.8. The summed E-state index contributed by atoms with van der Waals surface area (Å²) in [6.07, 6.45) is 2.17. The molecule has 0 saturated heterocycles. The number of carbonyl (C=O) groups excluding carboxylic acids is 3. The van der Waals surface area contributed by atoms with Crippen molar-refractivity contribution in [1.29, 1.82) is 0 Å². The van der Waals surface area contributed by atoms with Crippen molar-refractivity contribution in [2.45, 2.75) is 70.1 Å². The van der Waals surface area contributed by atoms with Gasteiger partial charge in [0.15, 0.2) is 5.96 Å². The van der Waals surface area contributed by atoms with Gasteiger partial charge in [0, 0.05) is 6.54 Å². The molecule has 0 heterocycles. The molecule has 0 bridgehead atoms. The Hall–Kier alpha value is -2.97. The van der Waals surface area contributed by atoms with Crippen molar-refractivity contribution >= 4 is 29.7 Å². The molecule has 13 N–H and O–H groups in total. The highest BCUT2D eigenvalue weighted by atomic mass is 16.4. The smallest absolute Gasteiger partial charge is 0.328 e. The molecule has 3 amide bonds. The summed E-state index contributed by atoms with van der Waals surface area (Å²) in [6, 6.07) is -4.49. The van der Waals surface area contributed by atoms with Crippen molar-refractivity contribution in [3.05, 3.63) is 0 Å². The number of carboxylic acids is 1. The highest BCUT2D eigenvalue weighted by Crippen LogP contribution is 2.07. The molecule has 0 aromatic heterocycles. The minimum absolute atomic E-state index is 0.0629. The van der Waals surface area contributed by atoms with E-state index in [1.807, 2.05) is 0 Å². The van der Waals surface area contributed by atoms with E-state index in [0.29, 0.717) is 32.4 Å². The van der Waals surface area contributed by atoms with Gasteiger partial charge in [-0.2, -0.15) is 0 Å². The Morgan fingerprint density at radius 3 is 2.00 bits per heavy atom. The summed E-state index contributed by atoms with van der Waals surface area (Å²) in [5.41, 5.74) is 21.9. The lowest BCUT2D eigenvalue weighted by molar-refractivity contribution is -0.143. The van der Waals surface area contributed by atoms with Crippen LogP contribution < -0.4 is 38.9 Å². The minimum atomic E-state index is -1.51. The fraction of sp³-hybridized carbons (Fsp3) is 0.750. The first kappa shape index (κ1) is 31.0. The number of hydrogen-bond donors (Lipinski definition) is 9. The maximum absolute atomic E-state index is 13.0. The first-order valence-electron chi connectivity index (χ1n) is 11.2. The van der Waals surface area contributed by atoms with Gasteiger partial charge in [0.2, 0.25) is 17.7 Å². The number of unbranched alkanes of at least 4 members (excludes halogenated alkanes) is 1. The average molecular weight is 489 g/mol. The van der Waals surface area contributed by atoms with Gasteiger partial charge in [0.25, 0.3) is 0 Å². The van der Waals surface area contributed by atoms with Crippen LogP contribution in [0.5, 0.6) is 0 Å². The van der Waals surface area contributed by atoms with Crippen molar-refractivity contribution in [3.63, 3.8) is 0 Å². The lowest BCUT2D eigenvalue weighted by Crippen LogP contribution is -2.58. The van der Waals surface area contributed by atoms with Crippen molar-refractivity contribution < 1.29 is 29.4 Å². The molecular weight excluding hydrogens is 448 g/mol. The summed E-state index contributed by atoms with van der Waals surface area (Å²) >= 11 is 0. The Labute approximate surface area is 199 Å². The van der Waals surface area contributed by atoms with Crippen molar-refractivity contribution in [3.8, 4) is 0 Å². The number of hydrogen-bond acceptors (Lipinski definition) is 8. The van der Waals surface area contributed by atoms with Gasteiger partial charge in [-0.25, -0.2) is 4.79 Å². The van der Waals surface area contributed by atoms with Crippen LogP contribution in [0, 0.1) is 5.92 Å². The number of aliphatic carboxylic acids is 1. The third kappa shape index (κ3) is 12.3. The highest BCUT2D eigenvalue weighted by Gasteiger charge is 2.31. The number of guanidine groups is 1. The average Bonchev–Trinajstić information content (AvgIpc) is 2.76. The maximum Gasteiger partial charge on any atom is 0.328 e. The van der Waals surface area contributed by atoms with Crippen LogP contribution in [0.15, 0.2) is 4.99 Å². The molecule has 0 aromatic carbocycles. The molecule has 0 spiro atoms. The zero-order chi connectivity index (χ0) is 26.3. The summed E-state index contributed by atoms with van der Waals surface area (Å²) in [7, 11) is 0. The Balaban J connectivity index is 5.25. The number of nitrogens with one attached hydrogen (secondary N) is 3. The second-order valence-electron chi connectivity index (χ2n) is 8.21. The second kappa shape index (κ2) is 16.6. The van der Waals surface area contributed by atoms with Crippen molar-refractivity contribution in [1.82, 2.24) is 16.0 Å². The molecule has 0 aliphatic rings. The van der Waals surface area contributed by atoms with Gasteiger partial charge in [-0.15, -0.1) is 0 Å². The van der Waals surface area contributed by atoms with Gasteiger partial charge in [-0.3, -0.25) is 19.4 Å². The molecule has 0 aliphatic carbocycles. The largest absolute Gasteiger partial charge is 0.480 e. The molecule has 0 rings (SSSR count). The van der Waals surface area contributed by atoms with Gasteiger partial charge < -0.3 is 49.1 Å². The molecule has 0 radical (unpaired) electrons. The number of carboxylic acid groups (broad SMARTS) is 1. The van der Waals surface area contributed by atoms with Crippen LogP contribution in [0.3, 0.4) is 0 Å². The maximum atomic E-state index is 13.0. The summed E-state index contributed by atoms with van der Waals surface area (Å²) in [5, 5.41) is 25.5. The summed E-state index contributed by atoms with van der Waals surface area (Å²) < 4.78 is 0. The first-order chi connectivity index (χ1) is 15.9.